The first-order valence-corrected chi connectivity index (χ1v) is 8.38. The van der Waals surface area contributed by atoms with Gasteiger partial charge in [0, 0.05) is 6.04 Å². The second-order valence-corrected chi connectivity index (χ2v) is 7.10. The van der Waals surface area contributed by atoms with Crippen LogP contribution in [0.2, 0.25) is 0 Å². The minimum Gasteiger partial charge on any atom is -0.325 e. The summed E-state index contributed by atoms with van der Waals surface area (Å²) in [7, 11) is 0. The van der Waals surface area contributed by atoms with Gasteiger partial charge in [-0.2, -0.15) is 18.1 Å². The van der Waals surface area contributed by atoms with E-state index in [1.807, 2.05) is 0 Å². The van der Waals surface area contributed by atoms with E-state index in [9.17, 15) is 18.0 Å². The Morgan fingerprint density at radius 1 is 1.12 bits per heavy atom. The Labute approximate surface area is 145 Å². The molecule has 1 aliphatic carbocycles. The molecule has 7 heteroatoms. The van der Waals surface area contributed by atoms with Crippen LogP contribution in [-0.4, -0.2) is 23.8 Å². The zero-order valence-corrected chi connectivity index (χ0v) is 14.4. The van der Waals surface area contributed by atoms with E-state index in [0.29, 0.717) is 18.4 Å². The highest BCUT2D eigenvalue weighted by Gasteiger charge is 2.44. The van der Waals surface area contributed by atoms with Crippen molar-refractivity contribution in [1.82, 2.24) is 0 Å². The molecule has 0 amide bonds. The van der Waals surface area contributed by atoms with Crippen LogP contribution < -0.4 is 5.73 Å². The zero-order valence-electron chi connectivity index (χ0n) is 14.4. The average molecular weight is 359 g/mol. The summed E-state index contributed by atoms with van der Waals surface area (Å²) < 4.78 is 38.3. The molecule has 140 valence electrons. The Bertz CT molecular complexity index is 567. The van der Waals surface area contributed by atoms with Gasteiger partial charge < -0.3 is 5.73 Å². The normalized spacial score (nSPS) is 23.1. The lowest BCUT2D eigenvalue weighted by molar-refractivity contribution is -0.315. The van der Waals surface area contributed by atoms with Gasteiger partial charge in [0.25, 0.3) is 0 Å². The van der Waals surface area contributed by atoms with Crippen molar-refractivity contribution in [1.29, 1.82) is 0 Å². The Hall–Kier alpha value is -1.60. The molecule has 1 unspecified atom stereocenters. The molecule has 0 radical (unpaired) electrons. The molecule has 1 aliphatic rings. The second kappa shape index (κ2) is 7.74. The lowest BCUT2D eigenvalue weighted by Crippen LogP contribution is -2.51. The van der Waals surface area contributed by atoms with Crippen LogP contribution in [0.25, 0.3) is 0 Å². The van der Waals surface area contributed by atoms with Crippen molar-refractivity contribution in [3.05, 3.63) is 35.9 Å². The molecule has 0 saturated heterocycles. The molecule has 1 saturated carbocycles. The smallest absolute Gasteiger partial charge is 0.325 e. The molecular formula is C18H24F3NO3. The highest BCUT2D eigenvalue weighted by molar-refractivity contribution is 5.88. The Morgan fingerprint density at radius 3 is 2.20 bits per heavy atom. The van der Waals surface area contributed by atoms with Crippen LogP contribution in [0.4, 0.5) is 13.2 Å². The lowest BCUT2D eigenvalue weighted by atomic mass is 9.74. The van der Waals surface area contributed by atoms with Crippen LogP contribution in [0.1, 0.15) is 49.9 Å². The summed E-state index contributed by atoms with van der Waals surface area (Å²) in [5.41, 5.74) is 5.55. The SMILES string of the molecule is CC(C)(OOC(=O)c1ccccc1)C(N)[C@H]1CC[C@@H](C(F)(F)F)CC1. The predicted octanol–water partition coefficient (Wildman–Crippen LogP) is 4.25. The number of rotatable bonds is 5. The summed E-state index contributed by atoms with van der Waals surface area (Å²) in [6.07, 6.45) is -3.24. The number of halogens is 3. The van der Waals surface area contributed by atoms with E-state index >= 15 is 0 Å². The van der Waals surface area contributed by atoms with Crippen LogP contribution in [0.15, 0.2) is 30.3 Å². The van der Waals surface area contributed by atoms with Gasteiger partial charge in [0.1, 0.15) is 5.60 Å². The van der Waals surface area contributed by atoms with E-state index in [0.717, 1.165) is 0 Å². The van der Waals surface area contributed by atoms with Gasteiger partial charge in [-0.15, -0.1) is 0 Å². The molecule has 1 atom stereocenters. The van der Waals surface area contributed by atoms with Gasteiger partial charge in [-0.1, -0.05) is 18.2 Å². The third kappa shape index (κ3) is 5.19. The highest BCUT2D eigenvalue weighted by Crippen LogP contribution is 2.41. The largest absolute Gasteiger partial charge is 0.391 e. The van der Waals surface area contributed by atoms with Crippen LogP contribution in [-0.2, 0) is 9.78 Å². The molecule has 0 aromatic heterocycles. The molecule has 1 aromatic rings. The average Bonchev–Trinajstić information content (AvgIpc) is 2.59. The van der Waals surface area contributed by atoms with Crippen LogP contribution in [0.5, 0.6) is 0 Å². The molecule has 0 heterocycles. The lowest BCUT2D eigenvalue weighted by Gasteiger charge is -2.39. The molecule has 1 fully saturated rings. The van der Waals surface area contributed by atoms with E-state index in [1.54, 1.807) is 44.2 Å². The zero-order chi connectivity index (χ0) is 18.7. The number of hydrogen-bond donors (Lipinski definition) is 1. The van der Waals surface area contributed by atoms with Crippen molar-refractivity contribution >= 4 is 5.97 Å². The molecule has 0 aliphatic heterocycles. The summed E-state index contributed by atoms with van der Waals surface area (Å²) in [6.45, 7) is 3.34. The fourth-order valence-corrected chi connectivity index (χ4v) is 3.20. The van der Waals surface area contributed by atoms with Gasteiger partial charge in [-0.05, 0) is 57.6 Å². The number of hydrogen-bond acceptors (Lipinski definition) is 4. The summed E-state index contributed by atoms with van der Waals surface area (Å²) in [5.74, 6) is -2.00. The molecule has 25 heavy (non-hydrogen) atoms. The van der Waals surface area contributed by atoms with Crippen molar-refractivity contribution < 1.29 is 27.7 Å². The monoisotopic (exact) mass is 359 g/mol. The molecule has 2 N–H and O–H groups in total. The summed E-state index contributed by atoms with van der Waals surface area (Å²) >= 11 is 0. The Balaban J connectivity index is 1.88. The van der Waals surface area contributed by atoms with Crippen LogP contribution in [0, 0.1) is 11.8 Å². The van der Waals surface area contributed by atoms with E-state index in [4.69, 9.17) is 15.5 Å². The van der Waals surface area contributed by atoms with Crippen molar-refractivity contribution in [2.75, 3.05) is 0 Å². The molecule has 0 bridgehead atoms. The maximum Gasteiger partial charge on any atom is 0.391 e. The van der Waals surface area contributed by atoms with E-state index in [1.165, 1.54) is 0 Å². The van der Waals surface area contributed by atoms with Crippen molar-refractivity contribution in [2.24, 2.45) is 17.6 Å². The first-order chi connectivity index (χ1) is 11.6. The third-order valence-corrected chi connectivity index (χ3v) is 4.89. The Kier molecular flexibility index (Phi) is 6.11. The highest BCUT2D eigenvalue weighted by atomic mass is 19.4. The van der Waals surface area contributed by atoms with Crippen LogP contribution >= 0.6 is 0 Å². The fourth-order valence-electron chi connectivity index (χ4n) is 3.20. The molecular weight excluding hydrogens is 335 g/mol. The van der Waals surface area contributed by atoms with Crippen LogP contribution in [0.3, 0.4) is 0 Å². The second-order valence-electron chi connectivity index (χ2n) is 7.10. The molecule has 1 aromatic carbocycles. The first-order valence-electron chi connectivity index (χ1n) is 8.38. The van der Waals surface area contributed by atoms with E-state index in [2.05, 4.69) is 0 Å². The number of alkyl halides is 3. The maximum atomic E-state index is 12.8. The number of carbonyl (C=O) groups excluding carboxylic acids is 1. The number of carbonyl (C=O) groups is 1. The maximum absolute atomic E-state index is 12.8. The minimum atomic E-state index is -4.15. The quantitative estimate of drug-likeness (QED) is 0.631. The van der Waals surface area contributed by atoms with E-state index < -0.39 is 29.7 Å². The fraction of sp³-hybridized carbons (Fsp3) is 0.611. The summed E-state index contributed by atoms with van der Waals surface area (Å²) in [6, 6.07) is 7.83. The predicted molar refractivity (Wildman–Crippen MR) is 86.5 cm³/mol. The first kappa shape index (κ1) is 19.7. The van der Waals surface area contributed by atoms with Gasteiger partial charge >= 0.3 is 12.1 Å². The molecule has 0 spiro atoms. The summed E-state index contributed by atoms with van der Waals surface area (Å²) in [5, 5.41) is 0. The minimum absolute atomic E-state index is 0.0712. The van der Waals surface area contributed by atoms with Crippen molar-refractivity contribution in [2.45, 2.75) is 57.3 Å². The standard InChI is InChI=1S/C18H24F3NO3/c1-17(2,25-24-16(23)13-6-4-3-5-7-13)15(22)12-8-10-14(11-9-12)18(19,20)21/h3-7,12,14-15H,8-11,22H2,1-2H3/t12-,14+,15?. The van der Waals surface area contributed by atoms with Gasteiger partial charge in [-0.25, -0.2) is 4.79 Å². The number of nitrogens with two attached hydrogens (primary N) is 1. The third-order valence-electron chi connectivity index (χ3n) is 4.89. The number of benzene rings is 1. The van der Waals surface area contributed by atoms with Gasteiger partial charge in [0.2, 0.25) is 0 Å². The summed E-state index contributed by atoms with van der Waals surface area (Å²) in [4.78, 5) is 22.1. The van der Waals surface area contributed by atoms with E-state index in [-0.39, 0.29) is 18.8 Å². The molecule has 2 rings (SSSR count). The Morgan fingerprint density at radius 2 is 1.68 bits per heavy atom. The van der Waals surface area contributed by atoms with Gasteiger partial charge in [0.15, 0.2) is 0 Å². The van der Waals surface area contributed by atoms with Crippen molar-refractivity contribution in [3.63, 3.8) is 0 Å². The molecule has 4 nitrogen and oxygen atoms in total. The van der Waals surface area contributed by atoms with Crippen molar-refractivity contribution in [3.8, 4) is 0 Å². The van der Waals surface area contributed by atoms with Gasteiger partial charge in [0.05, 0.1) is 11.5 Å². The topological polar surface area (TPSA) is 61.5 Å². The van der Waals surface area contributed by atoms with Gasteiger partial charge in [-0.3, -0.25) is 4.89 Å².